The molecule has 2 aromatic rings. The smallest absolute Gasteiger partial charge is 0.337 e. The minimum Gasteiger partial charge on any atom is -0.463 e. The van der Waals surface area contributed by atoms with Gasteiger partial charge < -0.3 is 15.4 Å². The Bertz CT molecular complexity index is 814. The van der Waals surface area contributed by atoms with E-state index in [1.165, 1.54) is 4.80 Å². The minimum atomic E-state index is -0.485. The number of aromatic nitrogens is 4. The highest BCUT2D eigenvalue weighted by Crippen LogP contribution is 2.16. The molecule has 0 aliphatic carbocycles. The van der Waals surface area contributed by atoms with E-state index in [2.05, 4.69) is 26.0 Å². The SMILES string of the molecule is CCOC(=O)C1=C(Cn2nnc(-c3ccccc3)n2)NC(=O)N[C@H]1C. The number of hydrogen-bond acceptors (Lipinski definition) is 6. The molecule has 0 saturated carbocycles. The fraction of sp³-hybridized carbons (Fsp3) is 0.312. The summed E-state index contributed by atoms with van der Waals surface area (Å²) in [7, 11) is 0. The van der Waals surface area contributed by atoms with Gasteiger partial charge in [0.2, 0.25) is 5.82 Å². The molecular weight excluding hydrogens is 324 g/mol. The van der Waals surface area contributed by atoms with E-state index in [1.807, 2.05) is 30.3 Å². The summed E-state index contributed by atoms with van der Waals surface area (Å²) in [5.74, 6) is -0.0203. The van der Waals surface area contributed by atoms with E-state index < -0.39 is 12.0 Å². The number of allylic oxidation sites excluding steroid dienone is 1. The maximum Gasteiger partial charge on any atom is 0.337 e. The summed E-state index contributed by atoms with van der Waals surface area (Å²) >= 11 is 0. The van der Waals surface area contributed by atoms with E-state index in [4.69, 9.17) is 4.74 Å². The predicted molar refractivity (Wildman–Crippen MR) is 88.0 cm³/mol. The molecule has 25 heavy (non-hydrogen) atoms. The number of esters is 1. The summed E-state index contributed by atoms with van der Waals surface area (Å²) in [6.07, 6.45) is 0. The van der Waals surface area contributed by atoms with Crippen molar-refractivity contribution in [1.29, 1.82) is 0 Å². The normalized spacial score (nSPS) is 17.0. The molecule has 1 aromatic carbocycles. The third kappa shape index (κ3) is 3.65. The number of tetrazole rings is 1. The van der Waals surface area contributed by atoms with Crippen molar-refractivity contribution in [3.05, 3.63) is 41.6 Å². The van der Waals surface area contributed by atoms with Crippen molar-refractivity contribution >= 4 is 12.0 Å². The molecule has 1 aliphatic rings. The fourth-order valence-electron chi connectivity index (χ4n) is 2.56. The van der Waals surface area contributed by atoms with Crippen LogP contribution in [0.4, 0.5) is 4.79 Å². The largest absolute Gasteiger partial charge is 0.463 e. The van der Waals surface area contributed by atoms with Crippen molar-refractivity contribution in [2.24, 2.45) is 0 Å². The number of rotatable bonds is 5. The molecule has 3 rings (SSSR count). The molecule has 9 heteroatoms. The van der Waals surface area contributed by atoms with E-state index in [9.17, 15) is 9.59 Å². The van der Waals surface area contributed by atoms with Gasteiger partial charge in [0, 0.05) is 5.56 Å². The Balaban J connectivity index is 1.88. The Hall–Kier alpha value is -3.23. The summed E-state index contributed by atoms with van der Waals surface area (Å²) < 4.78 is 5.08. The fourth-order valence-corrected chi connectivity index (χ4v) is 2.56. The molecule has 1 aliphatic heterocycles. The lowest BCUT2D eigenvalue weighted by atomic mass is 10.0. The first-order chi connectivity index (χ1) is 12.1. The molecule has 130 valence electrons. The molecule has 9 nitrogen and oxygen atoms in total. The number of benzene rings is 1. The quantitative estimate of drug-likeness (QED) is 0.780. The molecule has 1 aromatic heterocycles. The number of carbonyl (C=O) groups excluding carboxylic acids is 2. The lowest BCUT2D eigenvalue weighted by Gasteiger charge is -2.26. The third-order valence-electron chi connectivity index (χ3n) is 3.65. The number of amides is 2. The molecule has 1 atom stereocenters. The highest BCUT2D eigenvalue weighted by Gasteiger charge is 2.30. The summed E-state index contributed by atoms with van der Waals surface area (Å²) in [5, 5.41) is 17.6. The van der Waals surface area contributed by atoms with Crippen LogP contribution >= 0.6 is 0 Å². The number of urea groups is 1. The molecule has 0 fully saturated rings. The van der Waals surface area contributed by atoms with Crippen molar-refractivity contribution < 1.29 is 14.3 Å². The molecule has 0 radical (unpaired) electrons. The summed E-state index contributed by atoms with van der Waals surface area (Å²) in [6.45, 7) is 3.79. The molecular formula is C16H18N6O3. The van der Waals surface area contributed by atoms with Gasteiger partial charge in [-0.3, -0.25) is 0 Å². The maximum atomic E-state index is 12.2. The van der Waals surface area contributed by atoms with Crippen LogP contribution in [0.25, 0.3) is 11.4 Å². The Morgan fingerprint density at radius 2 is 2.08 bits per heavy atom. The van der Waals surface area contributed by atoms with Crippen LogP contribution in [-0.2, 0) is 16.1 Å². The average molecular weight is 342 g/mol. The monoisotopic (exact) mass is 342 g/mol. The van der Waals surface area contributed by atoms with Gasteiger partial charge in [-0.2, -0.15) is 4.80 Å². The zero-order valence-corrected chi connectivity index (χ0v) is 13.9. The Morgan fingerprint density at radius 3 is 2.80 bits per heavy atom. The predicted octanol–water partition coefficient (Wildman–Crippen LogP) is 0.859. The first-order valence-corrected chi connectivity index (χ1v) is 7.89. The standard InChI is InChI=1S/C16H18N6O3/c1-3-25-15(23)13-10(2)17-16(24)18-12(13)9-22-20-14(19-21-22)11-7-5-4-6-8-11/h4-8,10H,3,9H2,1-2H3,(H2,17,18,24)/t10-/m0/s1. The molecule has 0 unspecified atom stereocenters. The molecule has 2 heterocycles. The van der Waals surface area contributed by atoms with Crippen LogP contribution in [0.2, 0.25) is 0 Å². The van der Waals surface area contributed by atoms with Gasteiger partial charge in [-0.1, -0.05) is 30.3 Å². The van der Waals surface area contributed by atoms with E-state index in [1.54, 1.807) is 13.8 Å². The van der Waals surface area contributed by atoms with Crippen LogP contribution < -0.4 is 10.6 Å². The lowest BCUT2D eigenvalue weighted by molar-refractivity contribution is -0.139. The maximum absolute atomic E-state index is 12.2. The van der Waals surface area contributed by atoms with Gasteiger partial charge >= 0.3 is 12.0 Å². The van der Waals surface area contributed by atoms with E-state index in [0.29, 0.717) is 17.1 Å². The Labute approximate surface area is 144 Å². The van der Waals surface area contributed by atoms with E-state index in [-0.39, 0.29) is 19.2 Å². The van der Waals surface area contributed by atoms with Crippen molar-refractivity contribution in [3.63, 3.8) is 0 Å². The van der Waals surface area contributed by atoms with Crippen molar-refractivity contribution in [2.75, 3.05) is 6.61 Å². The summed E-state index contributed by atoms with van der Waals surface area (Å²) in [6, 6.07) is 8.55. The number of hydrogen-bond donors (Lipinski definition) is 2. The third-order valence-corrected chi connectivity index (χ3v) is 3.65. The van der Waals surface area contributed by atoms with Gasteiger partial charge in [0.15, 0.2) is 0 Å². The first kappa shape index (κ1) is 16.6. The second-order valence-corrected chi connectivity index (χ2v) is 5.44. The van der Waals surface area contributed by atoms with Gasteiger partial charge in [0.1, 0.15) is 6.54 Å². The van der Waals surface area contributed by atoms with Crippen molar-refractivity contribution in [3.8, 4) is 11.4 Å². The molecule has 0 spiro atoms. The lowest BCUT2D eigenvalue weighted by Crippen LogP contribution is -2.50. The van der Waals surface area contributed by atoms with E-state index >= 15 is 0 Å². The Morgan fingerprint density at radius 1 is 1.32 bits per heavy atom. The van der Waals surface area contributed by atoms with Crippen LogP contribution in [0.1, 0.15) is 13.8 Å². The second-order valence-electron chi connectivity index (χ2n) is 5.44. The number of carbonyl (C=O) groups is 2. The van der Waals surface area contributed by atoms with Gasteiger partial charge in [0.05, 0.1) is 23.9 Å². The molecule has 0 bridgehead atoms. The zero-order chi connectivity index (χ0) is 17.8. The van der Waals surface area contributed by atoms with Gasteiger partial charge in [-0.05, 0) is 19.1 Å². The highest BCUT2D eigenvalue weighted by atomic mass is 16.5. The molecule has 2 N–H and O–H groups in total. The topological polar surface area (TPSA) is 111 Å². The van der Waals surface area contributed by atoms with Gasteiger partial charge in [-0.25, -0.2) is 9.59 Å². The van der Waals surface area contributed by atoms with Crippen LogP contribution in [0, 0.1) is 0 Å². The van der Waals surface area contributed by atoms with Crippen LogP contribution in [0.15, 0.2) is 41.6 Å². The molecule has 0 saturated heterocycles. The summed E-state index contributed by atoms with van der Waals surface area (Å²) in [5.41, 5.74) is 1.57. The average Bonchev–Trinajstić information content (AvgIpc) is 3.04. The van der Waals surface area contributed by atoms with Gasteiger partial charge in [0.25, 0.3) is 0 Å². The second kappa shape index (κ2) is 7.12. The first-order valence-electron chi connectivity index (χ1n) is 7.89. The number of ether oxygens (including phenoxy) is 1. The summed E-state index contributed by atoms with van der Waals surface area (Å²) in [4.78, 5) is 25.3. The van der Waals surface area contributed by atoms with E-state index in [0.717, 1.165) is 5.56 Å². The van der Waals surface area contributed by atoms with Gasteiger partial charge in [-0.15, -0.1) is 10.2 Å². The number of nitrogens with zero attached hydrogens (tertiary/aromatic N) is 4. The molecule has 2 amide bonds. The zero-order valence-electron chi connectivity index (χ0n) is 13.9. The number of nitrogens with one attached hydrogen (secondary N) is 2. The van der Waals surface area contributed by atoms with Crippen molar-refractivity contribution in [1.82, 2.24) is 30.8 Å². The Kier molecular flexibility index (Phi) is 4.73. The van der Waals surface area contributed by atoms with Crippen LogP contribution in [-0.4, -0.2) is 44.9 Å². The minimum absolute atomic E-state index is 0.103. The van der Waals surface area contributed by atoms with Crippen LogP contribution in [0.5, 0.6) is 0 Å². The van der Waals surface area contributed by atoms with Crippen LogP contribution in [0.3, 0.4) is 0 Å². The van der Waals surface area contributed by atoms with Crippen molar-refractivity contribution in [2.45, 2.75) is 26.4 Å². The highest BCUT2D eigenvalue weighted by molar-refractivity contribution is 5.94.